The van der Waals surface area contributed by atoms with Crippen LogP contribution in [0.15, 0.2) is 36.4 Å². The molecule has 2 aliphatic rings. The summed E-state index contributed by atoms with van der Waals surface area (Å²) < 4.78 is 19.1. The summed E-state index contributed by atoms with van der Waals surface area (Å²) in [6.07, 6.45) is 0.233. The molecule has 0 bridgehead atoms. The Hall–Kier alpha value is -2.45. The first kappa shape index (κ1) is 13.2. The number of benzene rings is 1. The van der Waals surface area contributed by atoms with Crippen LogP contribution in [0.1, 0.15) is 5.69 Å². The first-order chi connectivity index (χ1) is 10.7. The number of hydrogen-bond acceptors (Lipinski definition) is 4. The summed E-state index contributed by atoms with van der Waals surface area (Å²) in [5, 5.41) is 12.5. The Kier molecular flexibility index (Phi) is 3.05. The van der Waals surface area contributed by atoms with Crippen molar-refractivity contribution >= 4 is 0 Å². The van der Waals surface area contributed by atoms with Crippen molar-refractivity contribution in [3.63, 3.8) is 0 Å². The lowest BCUT2D eigenvalue weighted by molar-refractivity contribution is 0.261. The third kappa shape index (κ3) is 2.32. The minimum absolute atomic E-state index is 0.233. The number of halogens is 1. The van der Waals surface area contributed by atoms with E-state index in [0.29, 0.717) is 29.0 Å². The third-order valence-electron chi connectivity index (χ3n) is 4.34. The molecular formula is C17H14FN3O. The summed E-state index contributed by atoms with van der Waals surface area (Å²) >= 11 is 0. The number of aromatic nitrogens is 1. The number of fused-ring (bicyclic) bond motifs is 1. The topological polar surface area (TPSA) is 57.9 Å². The zero-order valence-electron chi connectivity index (χ0n) is 11.8. The second kappa shape index (κ2) is 5.08. The van der Waals surface area contributed by atoms with Gasteiger partial charge < -0.3 is 10.1 Å². The van der Waals surface area contributed by atoms with Crippen molar-refractivity contribution in [1.29, 1.82) is 5.26 Å². The molecule has 0 spiro atoms. The monoisotopic (exact) mass is 295 g/mol. The highest BCUT2D eigenvalue weighted by Crippen LogP contribution is 2.44. The van der Waals surface area contributed by atoms with Crippen molar-refractivity contribution in [3.05, 3.63) is 47.9 Å². The van der Waals surface area contributed by atoms with Gasteiger partial charge in [-0.15, -0.1) is 0 Å². The molecule has 1 aromatic carbocycles. The molecule has 1 unspecified atom stereocenters. The smallest absolute Gasteiger partial charge is 0.144 e. The zero-order chi connectivity index (χ0) is 15.1. The van der Waals surface area contributed by atoms with Gasteiger partial charge in [0.15, 0.2) is 0 Å². The molecule has 1 aliphatic heterocycles. The van der Waals surface area contributed by atoms with E-state index >= 15 is 0 Å². The van der Waals surface area contributed by atoms with E-state index in [0.717, 1.165) is 18.7 Å². The van der Waals surface area contributed by atoms with Crippen LogP contribution in [0.25, 0.3) is 11.3 Å². The van der Waals surface area contributed by atoms with E-state index in [1.165, 1.54) is 12.1 Å². The molecule has 1 aromatic heterocycles. The Morgan fingerprint density at radius 3 is 2.59 bits per heavy atom. The van der Waals surface area contributed by atoms with Crippen LogP contribution in [0, 0.1) is 29.0 Å². The Balaban J connectivity index is 1.63. The molecule has 22 heavy (non-hydrogen) atoms. The van der Waals surface area contributed by atoms with Gasteiger partial charge in [-0.3, -0.25) is 0 Å². The van der Waals surface area contributed by atoms with Crippen molar-refractivity contribution < 1.29 is 9.13 Å². The van der Waals surface area contributed by atoms with Gasteiger partial charge in [-0.25, -0.2) is 9.37 Å². The van der Waals surface area contributed by atoms with Gasteiger partial charge in [-0.05, 0) is 24.3 Å². The van der Waals surface area contributed by atoms with E-state index in [4.69, 9.17) is 10.00 Å². The highest BCUT2D eigenvalue weighted by molar-refractivity contribution is 5.61. The molecule has 2 heterocycles. The highest BCUT2D eigenvalue weighted by Gasteiger charge is 2.55. The second-order valence-corrected chi connectivity index (χ2v) is 5.76. The number of ether oxygens (including phenoxy) is 1. The quantitative estimate of drug-likeness (QED) is 0.944. The van der Waals surface area contributed by atoms with E-state index < -0.39 is 0 Å². The van der Waals surface area contributed by atoms with Crippen molar-refractivity contribution in [1.82, 2.24) is 10.3 Å². The van der Waals surface area contributed by atoms with E-state index in [1.807, 2.05) is 6.07 Å². The van der Waals surface area contributed by atoms with Gasteiger partial charge in [-0.1, -0.05) is 0 Å². The van der Waals surface area contributed by atoms with Gasteiger partial charge in [0, 0.05) is 42.6 Å². The lowest BCUT2D eigenvalue weighted by Gasteiger charge is -2.10. The second-order valence-electron chi connectivity index (χ2n) is 5.76. The van der Waals surface area contributed by atoms with Crippen LogP contribution in [0.2, 0.25) is 0 Å². The van der Waals surface area contributed by atoms with Crippen LogP contribution in [0.5, 0.6) is 5.75 Å². The summed E-state index contributed by atoms with van der Waals surface area (Å²) in [6.45, 7) is 1.99. The van der Waals surface area contributed by atoms with Gasteiger partial charge in [0.25, 0.3) is 0 Å². The van der Waals surface area contributed by atoms with E-state index in [-0.39, 0.29) is 11.9 Å². The summed E-state index contributed by atoms with van der Waals surface area (Å²) in [6, 6.07) is 11.6. The summed E-state index contributed by atoms with van der Waals surface area (Å²) in [4.78, 5) is 4.28. The molecule has 1 N–H and O–H groups in total. The molecule has 1 saturated heterocycles. The average molecular weight is 295 g/mol. The first-order valence-corrected chi connectivity index (χ1v) is 7.30. The number of nitrogens with zero attached hydrogens (tertiary/aromatic N) is 2. The fraction of sp³-hybridized carbons (Fsp3) is 0.294. The molecule has 4 rings (SSSR count). The largest absolute Gasteiger partial charge is 0.490 e. The van der Waals surface area contributed by atoms with Crippen LogP contribution < -0.4 is 10.1 Å². The van der Waals surface area contributed by atoms with Crippen LogP contribution in [-0.2, 0) is 0 Å². The molecule has 2 fully saturated rings. The maximum atomic E-state index is 13.0. The Bertz CT molecular complexity index is 743. The average Bonchev–Trinajstić information content (AvgIpc) is 2.97. The van der Waals surface area contributed by atoms with Crippen molar-refractivity contribution in [2.24, 2.45) is 11.8 Å². The number of nitriles is 1. The fourth-order valence-electron chi connectivity index (χ4n) is 3.09. The molecule has 4 nitrogen and oxygen atoms in total. The van der Waals surface area contributed by atoms with Gasteiger partial charge in [0.05, 0.1) is 5.69 Å². The van der Waals surface area contributed by atoms with Crippen molar-refractivity contribution in [2.75, 3.05) is 13.1 Å². The summed E-state index contributed by atoms with van der Waals surface area (Å²) in [5.41, 5.74) is 1.69. The molecular weight excluding hydrogens is 281 g/mol. The molecule has 2 aromatic rings. The maximum absolute atomic E-state index is 13.0. The van der Waals surface area contributed by atoms with Crippen LogP contribution >= 0.6 is 0 Å². The lowest BCUT2D eigenvalue weighted by atomic mass is 10.1. The van der Waals surface area contributed by atoms with E-state index in [1.54, 1.807) is 18.2 Å². The first-order valence-electron chi connectivity index (χ1n) is 7.30. The minimum Gasteiger partial charge on any atom is -0.490 e. The maximum Gasteiger partial charge on any atom is 0.144 e. The van der Waals surface area contributed by atoms with Gasteiger partial charge in [0.2, 0.25) is 0 Å². The molecule has 1 aliphatic carbocycles. The summed E-state index contributed by atoms with van der Waals surface area (Å²) in [5.74, 6) is 1.51. The predicted octanol–water partition coefficient (Wildman–Crippen LogP) is 2.36. The van der Waals surface area contributed by atoms with Crippen molar-refractivity contribution in [3.8, 4) is 23.1 Å². The van der Waals surface area contributed by atoms with E-state index in [2.05, 4.69) is 16.4 Å². The Morgan fingerprint density at radius 1 is 1.18 bits per heavy atom. The van der Waals surface area contributed by atoms with E-state index in [9.17, 15) is 4.39 Å². The van der Waals surface area contributed by atoms with Crippen LogP contribution in [-0.4, -0.2) is 24.2 Å². The zero-order valence-corrected chi connectivity index (χ0v) is 11.8. The highest BCUT2D eigenvalue weighted by atomic mass is 19.1. The normalized spacial score (nSPS) is 25.4. The fourth-order valence-corrected chi connectivity index (χ4v) is 3.09. The molecule has 1 saturated carbocycles. The van der Waals surface area contributed by atoms with Gasteiger partial charge in [0.1, 0.15) is 29.4 Å². The van der Waals surface area contributed by atoms with Crippen molar-refractivity contribution in [2.45, 2.75) is 6.10 Å². The van der Waals surface area contributed by atoms with Gasteiger partial charge >= 0.3 is 0 Å². The predicted molar refractivity (Wildman–Crippen MR) is 78.6 cm³/mol. The molecule has 3 atom stereocenters. The Morgan fingerprint density at radius 2 is 1.91 bits per heavy atom. The SMILES string of the molecule is N#Cc1cc(OC2[C@H]3CNC[C@@H]23)cc(-c2ccc(F)cc2)n1. The van der Waals surface area contributed by atoms with Crippen LogP contribution in [0.4, 0.5) is 4.39 Å². The Labute approximate surface area is 127 Å². The number of rotatable bonds is 3. The van der Waals surface area contributed by atoms with Crippen LogP contribution in [0.3, 0.4) is 0 Å². The molecule has 0 radical (unpaired) electrons. The van der Waals surface area contributed by atoms with Gasteiger partial charge in [-0.2, -0.15) is 5.26 Å². The number of pyridine rings is 1. The number of hydrogen-bond donors (Lipinski definition) is 1. The third-order valence-corrected chi connectivity index (χ3v) is 4.34. The molecule has 110 valence electrons. The summed E-state index contributed by atoms with van der Waals surface area (Å²) in [7, 11) is 0. The number of piperidine rings is 1. The standard InChI is InChI=1S/C17H14FN3O/c18-11-3-1-10(2-4-11)16-6-13(5-12(7-19)21-16)22-17-14-8-20-9-15(14)17/h1-6,14-15,17,20H,8-9H2/t14-,15+,17?. The molecule has 5 heteroatoms. The number of nitrogens with one attached hydrogen (secondary N) is 1. The minimum atomic E-state index is -0.296. The molecule has 0 amide bonds. The lowest BCUT2D eigenvalue weighted by Crippen LogP contribution is -2.20.